The van der Waals surface area contributed by atoms with Gasteiger partial charge in [0.05, 0.1) is 39.5 Å². The van der Waals surface area contributed by atoms with Crippen molar-refractivity contribution in [1.29, 1.82) is 0 Å². The fourth-order valence-electron chi connectivity index (χ4n) is 3.29. The third kappa shape index (κ3) is 10.6. The maximum atomic E-state index is 11.1. The summed E-state index contributed by atoms with van der Waals surface area (Å²) >= 11 is 0. The van der Waals surface area contributed by atoms with E-state index in [0.717, 1.165) is 0 Å². The van der Waals surface area contributed by atoms with Gasteiger partial charge < -0.3 is 29.9 Å². The van der Waals surface area contributed by atoms with Gasteiger partial charge in [0.1, 0.15) is 11.5 Å². The zero-order valence-corrected chi connectivity index (χ0v) is 19.0. The number of nitrogens with zero attached hydrogens (tertiary/aromatic N) is 2. The van der Waals surface area contributed by atoms with Gasteiger partial charge in [-0.05, 0) is 12.1 Å². The summed E-state index contributed by atoms with van der Waals surface area (Å²) in [5.41, 5.74) is 1.28. The van der Waals surface area contributed by atoms with Gasteiger partial charge in [-0.1, -0.05) is 36.4 Å². The van der Waals surface area contributed by atoms with Gasteiger partial charge in [0.2, 0.25) is 0 Å². The number of carbonyl (C=O) groups is 2. The van der Waals surface area contributed by atoms with Gasteiger partial charge in [0.15, 0.2) is 0 Å². The third-order valence-electron chi connectivity index (χ3n) is 4.96. The molecule has 2 aromatic rings. The Morgan fingerprint density at radius 2 is 1.03 bits per heavy atom. The molecule has 2 aromatic carbocycles. The number of phenolic OH excluding ortho intramolecular Hbond substituents is 2. The van der Waals surface area contributed by atoms with Crippen LogP contribution in [0.4, 0.5) is 0 Å². The number of hydrogen-bond donors (Lipinski definition) is 4. The van der Waals surface area contributed by atoms with Crippen molar-refractivity contribution in [3.05, 3.63) is 59.7 Å². The molecule has 0 fully saturated rings. The second kappa shape index (κ2) is 14.9. The molecule has 4 N–H and O–H groups in total. The van der Waals surface area contributed by atoms with E-state index in [2.05, 4.69) is 0 Å². The average molecular weight is 477 g/mol. The van der Waals surface area contributed by atoms with Gasteiger partial charge in [0, 0.05) is 37.3 Å². The first-order valence-corrected chi connectivity index (χ1v) is 10.9. The average Bonchev–Trinajstić information content (AvgIpc) is 2.77. The molecule has 0 unspecified atom stereocenters. The molecule has 0 aliphatic heterocycles. The molecule has 0 amide bonds. The van der Waals surface area contributed by atoms with E-state index >= 15 is 0 Å². The van der Waals surface area contributed by atoms with E-state index in [0.29, 0.717) is 50.6 Å². The molecule has 0 aliphatic rings. The summed E-state index contributed by atoms with van der Waals surface area (Å²) in [7, 11) is 0. The number of hydrogen-bond acceptors (Lipinski definition) is 8. The Bertz CT molecular complexity index is 835. The van der Waals surface area contributed by atoms with Gasteiger partial charge >= 0.3 is 11.9 Å². The fourth-order valence-corrected chi connectivity index (χ4v) is 3.29. The molecule has 0 spiro atoms. The molecule has 0 bridgehead atoms. The highest BCUT2D eigenvalue weighted by molar-refractivity contribution is 5.69. The van der Waals surface area contributed by atoms with E-state index in [1.165, 1.54) is 0 Å². The lowest BCUT2D eigenvalue weighted by molar-refractivity contribution is -0.139. The maximum absolute atomic E-state index is 11.1. The SMILES string of the molecule is O=C(O)CN(CCOCCOCCN(CC(=O)O)Cc1ccccc1O)Cc1ccccc1O. The number of ether oxygens (including phenoxy) is 2. The number of carboxylic acid groups (broad SMARTS) is 2. The van der Waals surface area contributed by atoms with Crippen molar-refractivity contribution >= 4 is 11.9 Å². The van der Waals surface area contributed by atoms with Crippen LogP contribution < -0.4 is 0 Å². The summed E-state index contributed by atoms with van der Waals surface area (Å²) in [5.74, 6) is -1.69. The van der Waals surface area contributed by atoms with E-state index in [-0.39, 0.29) is 37.7 Å². The second-order valence-electron chi connectivity index (χ2n) is 7.69. The summed E-state index contributed by atoms with van der Waals surface area (Å²) in [6.45, 7) is 2.15. The molecule has 0 saturated heterocycles. The highest BCUT2D eigenvalue weighted by atomic mass is 16.5. The third-order valence-corrected chi connectivity index (χ3v) is 4.96. The van der Waals surface area contributed by atoms with Crippen LogP contribution in [0.5, 0.6) is 11.5 Å². The van der Waals surface area contributed by atoms with Crippen LogP contribution in [0.25, 0.3) is 0 Å². The van der Waals surface area contributed by atoms with E-state index < -0.39 is 11.9 Å². The molecule has 0 saturated carbocycles. The minimum absolute atomic E-state index is 0.117. The Labute approximate surface area is 198 Å². The first-order valence-electron chi connectivity index (χ1n) is 10.9. The van der Waals surface area contributed by atoms with E-state index in [9.17, 15) is 19.8 Å². The largest absolute Gasteiger partial charge is 0.508 e. The van der Waals surface area contributed by atoms with E-state index in [1.54, 1.807) is 58.3 Å². The molecule has 2 rings (SSSR count). The molecule has 0 heterocycles. The summed E-state index contributed by atoms with van der Waals surface area (Å²) < 4.78 is 11.1. The summed E-state index contributed by atoms with van der Waals surface area (Å²) in [4.78, 5) is 25.6. The molecular formula is C24H32N2O8. The van der Waals surface area contributed by atoms with Gasteiger partial charge in [-0.2, -0.15) is 0 Å². The molecule has 0 radical (unpaired) electrons. The van der Waals surface area contributed by atoms with Crippen molar-refractivity contribution in [3.63, 3.8) is 0 Å². The smallest absolute Gasteiger partial charge is 0.317 e. The van der Waals surface area contributed by atoms with Gasteiger partial charge in [0.25, 0.3) is 0 Å². The van der Waals surface area contributed by atoms with Crippen LogP contribution in [0.15, 0.2) is 48.5 Å². The number of phenols is 2. The van der Waals surface area contributed by atoms with Crippen LogP contribution in [-0.4, -0.2) is 94.8 Å². The van der Waals surface area contributed by atoms with Crippen LogP contribution in [-0.2, 0) is 32.2 Å². The van der Waals surface area contributed by atoms with Crippen molar-refractivity contribution < 1.29 is 39.5 Å². The Hall–Kier alpha value is -3.18. The van der Waals surface area contributed by atoms with Crippen LogP contribution >= 0.6 is 0 Å². The quantitative estimate of drug-likeness (QED) is 0.249. The summed E-state index contributed by atoms with van der Waals surface area (Å²) in [6.07, 6.45) is 0. The number of carboxylic acids is 2. The van der Waals surface area contributed by atoms with Crippen molar-refractivity contribution in [2.45, 2.75) is 13.1 Å². The zero-order chi connectivity index (χ0) is 24.8. The second-order valence-corrected chi connectivity index (χ2v) is 7.69. The van der Waals surface area contributed by atoms with E-state index in [4.69, 9.17) is 19.7 Å². The molecule has 10 nitrogen and oxygen atoms in total. The van der Waals surface area contributed by atoms with Crippen LogP contribution in [0.2, 0.25) is 0 Å². The Morgan fingerprint density at radius 1 is 0.647 bits per heavy atom. The van der Waals surface area contributed by atoms with Crippen molar-refractivity contribution in [3.8, 4) is 11.5 Å². The predicted molar refractivity (Wildman–Crippen MR) is 124 cm³/mol. The Balaban J connectivity index is 1.66. The Morgan fingerprint density at radius 3 is 1.38 bits per heavy atom. The molecule has 10 heteroatoms. The first kappa shape index (κ1) is 27.1. The standard InChI is InChI=1S/C24H32N2O8/c27-21-7-3-1-5-19(21)15-25(17-23(29)30)9-11-33-13-14-34-12-10-26(18-24(31)32)16-20-6-2-4-8-22(20)28/h1-8,27-28H,9-18H2,(H,29,30)(H,31,32). The number of para-hydroxylation sites is 2. The van der Waals surface area contributed by atoms with Gasteiger partial charge in [-0.3, -0.25) is 19.4 Å². The number of aromatic hydroxyl groups is 2. The number of benzene rings is 2. The van der Waals surface area contributed by atoms with Crippen molar-refractivity contribution in [1.82, 2.24) is 9.80 Å². The first-order chi connectivity index (χ1) is 16.3. The highest BCUT2D eigenvalue weighted by Crippen LogP contribution is 2.18. The molecule has 34 heavy (non-hydrogen) atoms. The van der Waals surface area contributed by atoms with E-state index in [1.807, 2.05) is 0 Å². The maximum Gasteiger partial charge on any atom is 0.317 e. The monoisotopic (exact) mass is 476 g/mol. The molecule has 0 aliphatic carbocycles. The molecule has 0 aromatic heterocycles. The van der Waals surface area contributed by atoms with Crippen LogP contribution in [0.3, 0.4) is 0 Å². The van der Waals surface area contributed by atoms with Gasteiger partial charge in [-0.15, -0.1) is 0 Å². The van der Waals surface area contributed by atoms with Gasteiger partial charge in [-0.25, -0.2) is 0 Å². The zero-order valence-electron chi connectivity index (χ0n) is 19.0. The lowest BCUT2D eigenvalue weighted by Crippen LogP contribution is -2.33. The number of aliphatic carboxylic acids is 2. The lowest BCUT2D eigenvalue weighted by atomic mass is 10.2. The lowest BCUT2D eigenvalue weighted by Gasteiger charge is -2.21. The summed E-state index contributed by atoms with van der Waals surface area (Å²) in [5, 5.41) is 38.0. The minimum atomic E-state index is -0.964. The number of rotatable bonds is 17. The summed E-state index contributed by atoms with van der Waals surface area (Å²) in [6, 6.07) is 13.6. The highest BCUT2D eigenvalue weighted by Gasteiger charge is 2.13. The molecular weight excluding hydrogens is 444 g/mol. The van der Waals surface area contributed by atoms with Crippen LogP contribution in [0.1, 0.15) is 11.1 Å². The van der Waals surface area contributed by atoms with Crippen LogP contribution in [0, 0.1) is 0 Å². The van der Waals surface area contributed by atoms with Crippen molar-refractivity contribution in [2.75, 3.05) is 52.6 Å². The predicted octanol–water partition coefficient (Wildman–Crippen LogP) is 1.60. The molecule has 186 valence electrons. The molecule has 0 atom stereocenters. The Kier molecular flexibility index (Phi) is 11.8. The topological polar surface area (TPSA) is 140 Å². The fraction of sp³-hybridized carbons (Fsp3) is 0.417. The van der Waals surface area contributed by atoms with Crippen molar-refractivity contribution in [2.24, 2.45) is 0 Å². The normalized spacial score (nSPS) is 11.2. The minimum Gasteiger partial charge on any atom is -0.508 e.